The zero-order chi connectivity index (χ0) is 34.8. The molecule has 4 amide bonds. The van der Waals surface area contributed by atoms with Crippen LogP contribution in [0.3, 0.4) is 0 Å². The maximum absolute atomic E-state index is 13.5. The number of ether oxygens (including phenoxy) is 2. The molecule has 0 aromatic heterocycles. The first-order valence-electron chi connectivity index (χ1n) is 16.1. The summed E-state index contributed by atoms with van der Waals surface area (Å²) in [4.78, 5) is 53.3. The van der Waals surface area contributed by atoms with Gasteiger partial charge in [-0.2, -0.15) is 0 Å². The number of carbonyl (C=O) groups excluding carboxylic acids is 4. The van der Waals surface area contributed by atoms with Gasteiger partial charge in [-0.15, -0.1) is 0 Å². The molecule has 2 aromatic carbocycles. The third kappa shape index (κ3) is 12.5. The molecule has 0 aliphatic carbocycles. The van der Waals surface area contributed by atoms with Crippen LogP contribution in [0.1, 0.15) is 71.9 Å². The first-order chi connectivity index (χ1) is 22.0. The SMILES string of the molecule is CC(C)(C)Oc1ccc(C[C@H](NC(=O)[C@H](CC(N)=O)NC(=O)OCc2ccccc2)[C@H](O)CNC(=O)[C@@H]2CCCN2C(C)(C)C)cc1. The number of amides is 4. The van der Waals surface area contributed by atoms with Crippen LogP contribution in [-0.4, -0.2) is 82.3 Å². The second kappa shape index (κ2) is 16.6. The Balaban J connectivity index is 1.74. The van der Waals surface area contributed by atoms with Gasteiger partial charge >= 0.3 is 6.09 Å². The third-order valence-electron chi connectivity index (χ3n) is 7.72. The fourth-order valence-corrected chi connectivity index (χ4v) is 5.49. The smallest absolute Gasteiger partial charge is 0.408 e. The monoisotopic (exact) mass is 653 g/mol. The highest BCUT2D eigenvalue weighted by atomic mass is 16.5. The number of nitrogens with two attached hydrogens (primary N) is 1. The molecule has 0 unspecified atom stereocenters. The molecule has 0 bridgehead atoms. The fraction of sp³-hybridized carbons (Fsp3) is 0.543. The molecule has 1 heterocycles. The molecule has 3 rings (SSSR count). The molecule has 1 saturated heterocycles. The maximum Gasteiger partial charge on any atom is 0.408 e. The second-order valence-corrected chi connectivity index (χ2v) is 13.9. The van der Waals surface area contributed by atoms with Gasteiger partial charge in [0.15, 0.2) is 0 Å². The average Bonchev–Trinajstić information content (AvgIpc) is 3.50. The van der Waals surface area contributed by atoms with Crippen LogP contribution in [0.5, 0.6) is 5.75 Å². The zero-order valence-electron chi connectivity index (χ0n) is 28.4. The van der Waals surface area contributed by atoms with E-state index in [2.05, 4.69) is 41.6 Å². The number of aliphatic hydroxyl groups is 1. The molecule has 0 radical (unpaired) electrons. The van der Waals surface area contributed by atoms with Crippen LogP contribution < -0.4 is 26.4 Å². The number of nitrogens with zero attached hydrogens (tertiary/aromatic N) is 1. The molecule has 258 valence electrons. The van der Waals surface area contributed by atoms with Crippen molar-refractivity contribution in [1.82, 2.24) is 20.9 Å². The molecule has 0 saturated carbocycles. The number of alkyl carbamates (subject to hydrolysis) is 1. The summed E-state index contributed by atoms with van der Waals surface area (Å²) in [5.74, 6) is -1.08. The van der Waals surface area contributed by atoms with E-state index in [1.54, 1.807) is 36.4 Å². The van der Waals surface area contributed by atoms with Crippen molar-refractivity contribution in [3.8, 4) is 5.75 Å². The van der Waals surface area contributed by atoms with E-state index in [1.807, 2.05) is 39.0 Å². The van der Waals surface area contributed by atoms with Crippen LogP contribution in [0.4, 0.5) is 4.79 Å². The number of hydrogen-bond donors (Lipinski definition) is 5. The summed E-state index contributed by atoms with van der Waals surface area (Å²) >= 11 is 0. The number of carbonyl (C=O) groups is 4. The molecule has 1 aliphatic heterocycles. The highest BCUT2D eigenvalue weighted by Crippen LogP contribution is 2.26. The van der Waals surface area contributed by atoms with Crippen LogP contribution in [0.15, 0.2) is 54.6 Å². The van der Waals surface area contributed by atoms with Crippen LogP contribution in [-0.2, 0) is 32.1 Å². The van der Waals surface area contributed by atoms with E-state index in [9.17, 15) is 24.3 Å². The van der Waals surface area contributed by atoms with Crippen LogP contribution in [0, 0.1) is 0 Å². The molecule has 0 spiro atoms. The molecule has 6 N–H and O–H groups in total. The van der Waals surface area contributed by atoms with Crippen molar-refractivity contribution in [2.75, 3.05) is 13.1 Å². The number of aliphatic hydroxyl groups excluding tert-OH is 1. The highest BCUT2D eigenvalue weighted by molar-refractivity contribution is 5.90. The van der Waals surface area contributed by atoms with Gasteiger partial charge in [-0.3, -0.25) is 19.3 Å². The van der Waals surface area contributed by atoms with E-state index in [4.69, 9.17) is 15.2 Å². The van der Waals surface area contributed by atoms with Gasteiger partial charge in [0.2, 0.25) is 17.7 Å². The topological polar surface area (TPSA) is 172 Å². The van der Waals surface area contributed by atoms with Gasteiger partial charge in [0.25, 0.3) is 0 Å². The number of nitrogens with one attached hydrogen (secondary N) is 3. The largest absolute Gasteiger partial charge is 0.488 e. The minimum atomic E-state index is -1.36. The average molecular weight is 654 g/mol. The molecule has 4 atom stereocenters. The Hall–Kier alpha value is -4.16. The predicted molar refractivity (Wildman–Crippen MR) is 178 cm³/mol. The lowest BCUT2D eigenvalue weighted by atomic mass is 9.99. The van der Waals surface area contributed by atoms with Crippen molar-refractivity contribution in [2.45, 2.75) is 109 Å². The number of benzene rings is 2. The van der Waals surface area contributed by atoms with Crippen molar-refractivity contribution >= 4 is 23.8 Å². The van der Waals surface area contributed by atoms with Crippen LogP contribution in [0.2, 0.25) is 0 Å². The van der Waals surface area contributed by atoms with Crippen molar-refractivity contribution in [1.29, 1.82) is 0 Å². The second-order valence-electron chi connectivity index (χ2n) is 13.9. The van der Waals surface area contributed by atoms with Gasteiger partial charge in [0, 0.05) is 12.1 Å². The Morgan fingerprint density at radius 1 is 0.957 bits per heavy atom. The van der Waals surface area contributed by atoms with Gasteiger partial charge in [0.1, 0.15) is 24.0 Å². The number of likely N-dealkylation sites (tertiary alicyclic amines) is 1. The van der Waals surface area contributed by atoms with Gasteiger partial charge in [0.05, 0.1) is 24.6 Å². The minimum Gasteiger partial charge on any atom is -0.488 e. The van der Waals surface area contributed by atoms with Crippen LogP contribution >= 0.6 is 0 Å². The van der Waals surface area contributed by atoms with Gasteiger partial charge in [-0.05, 0) is 90.6 Å². The Morgan fingerprint density at radius 3 is 2.21 bits per heavy atom. The molecule has 47 heavy (non-hydrogen) atoms. The van der Waals surface area contributed by atoms with E-state index in [-0.39, 0.29) is 42.7 Å². The number of hydrogen-bond acceptors (Lipinski definition) is 8. The normalized spacial score (nSPS) is 17.2. The van der Waals surface area contributed by atoms with Gasteiger partial charge in [-0.1, -0.05) is 42.5 Å². The molecular formula is C35H51N5O7. The lowest BCUT2D eigenvalue weighted by molar-refractivity contribution is -0.128. The maximum atomic E-state index is 13.5. The standard InChI is InChI=1S/C35H51N5O7/c1-34(2,3)40-18-10-13-28(40)32(44)37-21-29(41)26(19-23-14-16-25(17-15-23)47-35(4,5)6)38-31(43)27(20-30(36)42)39-33(45)46-22-24-11-8-7-9-12-24/h7-9,11-12,14-17,26-29,41H,10,13,18-22H2,1-6H3,(H2,36,42)(H,37,44)(H,38,43)(H,39,45)/t26-,27-,28-,29+/m0/s1. The first-order valence-corrected chi connectivity index (χ1v) is 16.1. The molecule has 1 aliphatic rings. The predicted octanol–water partition coefficient (Wildman–Crippen LogP) is 2.80. The molecular weight excluding hydrogens is 602 g/mol. The van der Waals surface area contributed by atoms with E-state index in [1.165, 1.54) is 0 Å². The van der Waals surface area contributed by atoms with E-state index >= 15 is 0 Å². The first kappa shape index (κ1) is 37.3. The van der Waals surface area contributed by atoms with E-state index in [0.29, 0.717) is 12.2 Å². The summed E-state index contributed by atoms with van der Waals surface area (Å²) in [5, 5.41) is 19.4. The lowest BCUT2D eigenvalue weighted by Gasteiger charge is -2.36. The van der Waals surface area contributed by atoms with Gasteiger partial charge in [-0.25, -0.2) is 4.79 Å². The molecule has 2 aromatic rings. The third-order valence-corrected chi connectivity index (χ3v) is 7.72. The summed E-state index contributed by atoms with van der Waals surface area (Å²) < 4.78 is 11.1. The highest BCUT2D eigenvalue weighted by Gasteiger charge is 2.37. The summed E-state index contributed by atoms with van der Waals surface area (Å²) in [7, 11) is 0. The summed E-state index contributed by atoms with van der Waals surface area (Å²) in [6.07, 6.45) is -0.824. The fourth-order valence-electron chi connectivity index (χ4n) is 5.49. The summed E-state index contributed by atoms with van der Waals surface area (Å²) in [6.45, 7) is 12.6. The lowest BCUT2D eigenvalue weighted by Crippen LogP contribution is -2.57. The number of rotatable bonds is 14. The van der Waals surface area contributed by atoms with Crippen molar-refractivity contribution < 1.29 is 33.8 Å². The van der Waals surface area contributed by atoms with Crippen molar-refractivity contribution in [3.63, 3.8) is 0 Å². The Labute approximate surface area is 277 Å². The van der Waals surface area contributed by atoms with E-state index in [0.717, 1.165) is 24.1 Å². The molecule has 1 fully saturated rings. The Kier molecular flexibility index (Phi) is 13.2. The van der Waals surface area contributed by atoms with Gasteiger partial charge < -0.3 is 36.3 Å². The van der Waals surface area contributed by atoms with Crippen molar-refractivity contribution in [2.24, 2.45) is 5.73 Å². The Morgan fingerprint density at radius 2 is 1.62 bits per heavy atom. The Bertz CT molecular complexity index is 1340. The minimum absolute atomic E-state index is 0.0405. The van der Waals surface area contributed by atoms with Crippen LogP contribution in [0.25, 0.3) is 0 Å². The summed E-state index contributed by atoms with van der Waals surface area (Å²) in [5.41, 5.74) is 6.34. The quantitative estimate of drug-likeness (QED) is 0.207. The van der Waals surface area contributed by atoms with Crippen molar-refractivity contribution in [3.05, 3.63) is 65.7 Å². The number of primary amides is 1. The summed E-state index contributed by atoms with van der Waals surface area (Å²) in [6, 6.07) is 13.6. The zero-order valence-corrected chi connectivity index (χ0v) is 28.4. The molecule has 12 nitrogen and oxygen atoms in total. The molecule has 12 heteroatoms. The van der Waals surface area contributed by atoms with E-state index < -0.39 is 42.5 Å².